The smallest absolute Gasteiger partial charge is 0.297 e. The van der Waals surface area contributed by atoms with Gasteiger partial charge in [-0.25, -0.2) is 14.8 Å². The lowest BCUT2D eigenvalue weighted by Gasteiger charge is -2.11. The number of nitrogens with one attached hydrogen (secondary N) is 1. The minimum Gasteiger partial charge on any atom is -0.297 e. The zero-order valence-corrected chi connectivity index (χ0v) is 19.2. The predicted octanol–water partition coefficient (Wildman–Crippen LogP) is 5.19. The van der Waals surface area contributed by atoms with Gasteiger partial charge in [0.2, 0.25) is 5.82 Å². The highest BCUT2D eigenvalue weighted by Gasteiger charge is 2.36. The largest absolute Gasteiger partial charge is 0.308 e. The van der Waals surface area contributed by atoms with E-state index in [1.165, 1.54) is 0 Å². The Bertz CT molecular complexity index is 1180. The van der Waals surface area contributed by atoms with E-state index >= 15 is 0 Å². The molecule has 0 saturated carbocycles. The molecule has 0 unspecified atom stereocenters. The molecule has 3 heterocycles. The zero-order chi connectivity index (χ0) is 23.4. The van der Waals surface area contributed by atoms with Crippen LogP contribution in [0.3, 0.4) is 0 Å². The van der Waals surface area contributed by atoms with E-state index in [1.54, 1.807) is 17.7 Å². The molecule has 1 aromatic carbocycles. The Labute approximate surface area is 195 Å². The van der Waals surface area contributed by atoms with Crippen LogP contribution in [-0.2, 0) is 18.9 Å². The highest BCUT2D eigenvalue weighted by molar-refractivity contribution is 6.30. The first-order valence-corrected chi connectivity index (χ1v) is 11.3. The Morgan fingerprint density at radius 1 is 1.06 bits per heavy atom. The van der Waals surface area contributed by atoms with Crippen molar-refractivity contribution in [1.82, 2.24) is 40.0 Å². The maximum Gasteiger partial charge on any atom is 0.308 e. The molecule has 0 aliphatic rings. The lowest BCUT2D eigenvalue weighted by atomic mass is 10.2. The molecular weight excluding hydrogens is 450 g/mol. The van der Waals surface area contributed by atoms with Gasteiger partial charge in [-0.05, 0) is 53.1 Å². The Balaban J connectivity index is 1.60. The number of tetrazole rings is 1. The molecule has 0 saturated heterocycles. The highest BCUT2D eigenvalue weighted by atomic mass is 35.5. The number of rotatable bonds is 10. The van der Waals surface area contributed by atoms with Crippen LogP contribution in [0.2, 0.25) is 5.15 Å². The van der Waals surface area contributed by atoms with Crippen LogP contribution >= 0.6 is 11.6 Å². The van der Waals surface area contributed by atoms with Gasteiger partial charge in [-0.2, -0.15) is 8.78 Å². The Hall–Kier alpha value is -3.14. The summed E-state index contributed by atoms with van der Waals surface area (Å²) in [6.07, 6.45) is 2.52. The van der Waals surface area contributed by atoms with Crippen molar-refractivity contribution in [1.29, 1.82) is 0 Å². The molecule has 4 aromatic rings. The van der Waals surface area contributed by atoms with Gasteiger partial charge in [0.15, 0.2) is 5.82 Å². The lowest BCUT2D eigenvalue weighted by Crippen LogP contribution is -2.15. The fourth-order valence-corrected chi connectivity index (χ4v) is 3.90. The number of hydrogen-bond donors (Lipinski definition) is 1. The summed E-state index contributed by atoms with van der Waals surface area (Å²) in [4.78, 5) is 4.20. The number of aromatic nitrogens is 8. The molecule has 1 N–H and O–H groups in total. The van der Waals surface area contributed by atoms with Gasteiger partial charge in [-0.15, -0.1) is 10.2 Å². The van der Waals surface area contributed by atoms with Crippen molar-refractivity contribution in [2.75, 3.05) is 0 Å². The number of halogens is 3. The molecule has 0 amide bonds. The molecular formula is C22H25ClF2N8. The molecule has 0 aliphatic carbocycles. The third-order valence-corrected chi connectivity index (χ3v) is 5.64. The van der Waals surface area contributed by atoms with Crippen molar-refractivity contribution in [3.63, 3.8) is 0 Å². The summed E-state index contributed by atoms with van der Waals surface area (Å²) in [5, 5.41) is 18.6. The Morgan fingerprint density at radius 3 is 2.52 bits per heavy atom. The highest BCUT2D eigenvalue weighted by Crippen LogP contribution is 2.31. The van der Waals surface area contributed by atoms with Gasteiger partial charge in [-0.1, -0.05) is 44.0 Å². The second-order valence-electron chi connectivity index (χ2n) is 7.86. The van der Waals surface area contributed by atoms with Crippen LogP contribution in [0.15, 0.2) is 36.4 Å². The van der Waals surface area contributed by atoms with Crippen molar-refractivity contribution in [2.24, 2.45) is 0 Å². The Kier molecular flexibility index (Phi) is 6.83. The molecule has 33 heavy (non-hydrogen) atoms. The van der Waals surface area contributed by atoms with Gasteiger partial charge in [0, 0.05) is 18.5 Å². The number of aryl methyl sites for hydroxylation is 1. The van der Waals surface area contributed by atoms with Crippen LogP contribution in [0, 0.1) is 0 Å². The molecule has 0 radical (unpaired) electrons. The maximum atomic E-state index is 14.4. The summed E-state index contributed by atoms with van der Waals surface area (Å²) in [5.41, 5.74) is 2.46. The minimum atomic E-state index is -3.03. The molecule has 8 nitrogen and oxygen atoms in total. The molecule has 4 rings (SSSR count). The fraction of sp³-hybridized carbons (Fsp3) is 0.409. The third kappa shape index (κ3) is 4.95. The summed E-state index contributed by atoms with van der Waals surface area (Å²) in [6, 6.07) is 11.2. The molecule has 11 heteroatoms. The van der Waals surface area contributed by atoms with Crippen molar-refractivity contribution >= 4 is 11.6 Å². The predicted molar refractivity (Wildman–Crippen MR) is 120 cm³/mol. The zero-order valence-electron chi connectivity index (χ0n) is 18.5. The molecule has 0 spiro atoms. The molecule has 0 atom stereocenters. The molecule has 0 aliphatic heterocycles. The van der Waals surface area contributed by atoms with Gasteiger partial charge in [0.25, 0.3) is 0 Å². The molecule has 0 bridgehead atoms. The standard InChI is InChI=1S/C22H25ClF2N8/c1-3-5-6-19-26-21(22(24,25)13-4-2)29-32(19)14-15-7-9-16(10-8-15)33-17(11-12-18(33)23)20-27-30-31-28-20/h7-12H,3-6,13-14H2,1-2H3,(H,27,28,30,31). The minimum absolute atomic E-state index is 0.264. The molecule has 0 fully saturated rings. The van der Waals surface area contributed by atoms with E-state index in [-0.39, 0.29) is 6.42 Å². The maximum absolute atomic E-state index is 14.4. The van der Waals surface area contributed by atoms with Crippen LogP contribution < -0.4 is 0 Å². The first-order chi connectivity index (χ1) is 15.9. The summed E-state index contributed by atoms with van der Waals surface area (Å²) in [7, 11) is 0. The second kappa shape index (κ2) is 9.78. The fourth-order valence-electron chi connectivity index (χ4n) is 3.65. The van der Waals surface area contributed by atoms with Crippen molar-refractivity contribution < 1.29 is 8.78 Å². The number of alkyl halides is 2. The van der Waals surface area contributed by atoms with Gasteiger partial charge in [-0.3, -0.25) is 4.57 Å². The van der Waals surface area contributed by atoms with Crippen LogP contribution in [0.1, 0.15) is 56.7 Å². The van der Waals surface area contributed by atoms with Gasteiger partial charge in [0.1, 0.15) is 11.0 Å². The first kappa shape index (κ1) is 23.0. The van der Waals surface area contributed by atoms with E-state index in [9.17, 15) is 8.78 Å². The van der Waals surface area contributed by atoms with Crippen molar-refractivity contribution in [3.8, 4) is 17.2 Å². The SMILES string of the molecule is CCCCc1nc(C(F)(F)CCC)nn1Cc1ccc(-n2c(Cl)ccc2-c2nnn[nH]2)cc1. The lowest BCUT2D eigenvalue weighted by molar-refractivity contribution is -0.0232. The quantitative estimate of drug-likeness (QED) is 0.342. The third-order valence-electron chi connectivity index (χ3n) is 5.34. The number of aromatic amines is 1. The Morgan fingerprint density at radius 2 is 1.85 bits per heavy atom. The van der Waals surface area contributed by atoms with E-state index in [4.69, 9.17) is 11.6 Å². The molecule has 3 aromatic heterocycles. The van der Waals surface area contributed by atoms with E-state index < -0.39 is 11.7 Å². The summed E-state index contributed by atoms with van der Waals surface area (Å²) < 4.78 is 32.3. The van der Waals surface area contributed by atoms with E-state index in [1.807, 2.05) is 34.9 Å². The molecule has 174 valence electrons. The van der Waals surface area contributed by atoms with Crippen molar-refractivity contribution in [2.45, 2.75) is 58.4 Å². The van der Waals surface area contributed by atoms with Crippen LogP contribution in [0.25, 0.3) is 17.2 Å². The average Bonchev–Trinajstić information content (AvgIpc) is 3.53. The van der Waals surface area contributed by atoms with Crippen LogP contribution in [0.4, 0.5) is 8.78 Å². The average molecular weight is 475 g/mol. The van der Waals surface area contributed by atoms with E-state index in [0.717, 1.165) is 29.8 Å². The summed E-state index contributed by atoms with van der Waals surface area (Å²) in [5.74, 6) is -2.34. The number of H-pyrrole nitrogens is 1. The topological polar surface area (TPSA) is 90.1 Å². The summed E-state index contributed by atoms with van der Waals surface area (Å²) >= 11 is 6.39. The van der Waals surface area contributed by atoms with Gasteiger partial charge < -0.3 is 0 Å². The normalized spacial score (nSPS) is 11.9. The van der Waals surface area contributed by atoms with E-state index in [0.29, 0.717) is 36.2 Å². The van der Waals surface area contributed by atoms with Crippen LogP contribution in [-0.4, -0.2) is 40.0 Å². The van der Waals surface area contributed by atoms with Gasteiger partial charge >= 0.3 is 5.92 Å². The number of nitrogens with zero attached hydrogens (tertiary/aromatic N) is 7. The van der Waals surface area contributed by atoms with E-state index in [2.05, 4.69) is 37.6 Å². The number of unbranched alkanes of at least 4 members (excludes halogenated alkanes) is 1. The number of benzene rings is 1. The van der Waals surface area contributed by atoms with Gasteiger partial charge in [0.05, 0.1) is 12.2 Å². The monoisotopic (exact) mass is 474 g/mol. The van der Waals surface area contributed by atoms with Crippen molar-refractivity contribution in [3.05, 3.63) is 58.8 Å². The summed E-state index contributed by atoms with van der Waals surface area (Å²) in [6.45, 7) is 4.14. The second-order valence-corrected chi connectivity index (χ2v) is 8.25. The number of hydrogen-bond acceptors (Lipinski definition) is 5. The first-order valence-electron chi connectivity index (χ1n) is 11.0. The van der Waals surface area contributed by atoms with Crippen LogP contribution in [0.5, 0.6) is 0 Å².